The maximum absolute atomic E-state index is 12.2. The van der Waals surface area contributed by atoms with E-state index in [1.165, 1.54) is 7.11 Å². The number of benzene rings is 1. The van der Waals surface area contributed by atoms with Gasteiger partial charge in [-0.2, -0.15) is 0 Å². The number of nitrogens with one attached hydrogen (secondary N) is 1. The van der Waals surface area contributed by atoms with Crippen LogP contribution in [0.4, 0.5) is 4.79 Å². The lowest BCUT2D eigenvalue weighted by molar-refractivity contribution is -0.129. The molecular weight excluding hydrogens is 304 g/mol. The van der Waals surface area contributed by atoms with Gasteiger partial charge in [-0.3, -0.25) is 19.3 Å². The number of thioether (sulfide) groups is 1. The number of hydrogen-bond donors (Lipinski definition) is 1. The van der Waals surface area contributed by atoms with Gasteiger partial charge in [0.15, 0.2) is 0 Å². The normalized spacial score (nSPS) is 16.4. The fourth-order valence-corrected chi connectivity index (χ4v) is 2.67. The Kier molecular flexibility index (Phi) is 5.74. The van der Waals surface area contributed by atoms with Crippen LogP contribution in [0.1, 0.15) is 5.56 Å². The first-order chi connectivity index (χ1) is 10.6. The van der Waals surface area contributed by atoms with Crippen LogP contribution in [0.2, 0.25) is 0 Å². The van der Waals surface area contributed by atoms with Gasteiger partial charge >= 0.3 is 0 Å². The number of carbonyl (C=O) groups is 3. The van der Waals surface area contributed by atoms with Gasteiger partial charge in [0.2, 0.25) is 5.91 Å². The SMILES string of the molecule is COCCNC(=O)CN1C(=O)S/C(=C\c2ccccc2)C1=O. The Morgan fingerprint density at radius 3 is 2.73 bits per heavy atom. The van der Waals surface area contributed by atoms with Crippen LogP contribution in [0.5, 0.6) is 0 Å². The molecular formula is C15H16N2O4S. The summed E-state index contributed by atoms with van der Waals surface area (Å²) in [5.41, 5.74) is 0.831. The van der Waals surface area contributed by atoms with Gasteiger partial charge in [0.05, 0.1) is 11.5 Å². The standard InChI is InChI=1S/C15H16N2O4S/c1-21-8-7-16-13(18)10-17-14(19)12(22-15(17)20)9-11-5-3-2-4-6-11/h2-6,9H,7-8,10H2,1H3,(H,16,18)/b12-9-. The Morgan fingerprint density at radius 1 is 1.32 bits per heavy atom. The van der Waals surface area contributed by atoms with Gasteiger partial charge < -0.3 is 10.1 Å². The summed E-state index contributed by atoms with van der Waals surface area (Å²) in [6, 6.07) is 9.24. The summed E-state index contributed by atoms with van der Waals surface area (Å²) in [5, 5.41) is 2.14. The second kappa shape index (κ2) is 7.77. The molecule has 0 saturated carbocycles. The lowest BCUT2D eigenvalue weighted by Crippen LogP contribution is -2.40. The van der Waals surface area contributed by atoms with Gasteiger partial charge in [-0.1, -0.05) is 30.3 Å². The summed E-state index contributed by atoms with van der Waals surface area (Å²) in [4.78, 5) is 37.0. The van der Waals surface area contributed by atoms with Crippen molar-refractivity contribution in [1.82, 2.24) is 10.2 Å². The molecule has 1 N–H and O–H groups in total. The van der Waals surface area contributed by atoms with E-state index in [0.717, 1.165) is 22.2 Å². The first-order valence-corrected chi connectivity index (χ1v) is 7.49. The molecule has 1 aliphatic heterocycles. The molecule has 6 nitrogen and oxygen atoms in total. The molecule has 1 fully saturated rings. The number of amides is 3. The summed E-state index contributed by atoms with van der Waals surface area (Å²) < 4.78 is 4.81. The van der Waals surface area contributed by atoms with Crippen LogP contribution in [0.3, 0.4) is 0 Å². The molecule has 0 unspecified atom stereocenters. The summed E-state index contributed by atoms with van der Waals surface area (Å²) in [6.07, 6.45) is 1.65. The summed E-state index contributed by atoms with van der Waals surface area (Å²) >= 11 is 0.841. The minimum Gasteiger partial charge on any atom is -0.383 e. The van der Waals surface area contributed by atoms with E-state index in [0.29, 0.717) is 18.1 Å². The maximum atomic E-state index is 12.2. The first-order valence-electron chi connectivity index (χ1n) is 6.68. The molecule has 3 amide bonds. The molecule has 0 spiro atoms. The zero-order chi connectivity index (χ0) is 15.9. The molecule has 1 saturated heterocycles. The predicted molar refractivity (Wildman–Crippen MR) is 84.0 cm³/mol. The smallest absolute Gasteiger partial charge is 0.294 e. The average molecular weight is 320 g/mol. The number of imide groups is 1. The highest BCUT2D eigenvalue weighted by molar-refractivity contribution is 8.18. The van der Waals surface area contributed by atoms with Gasteiger partial charge in [0, 0.05) is 13.7 Å². The topological polar surface area (TPSA) is 75.7 Å². The van der Waals surface area contributed by atoms with E-state index in [-0.39, 0.29) is 12.5 Å². The third-order valence-corrected chi connectivity index (χ3v) is 3.81. The first kappa shape index (κ1) is 16.3. The molecule has 0 atom stereocenters. The van der Waals surface area contributed by atoms with Crippen molar-refractivity contribution < 1.29 is 19.1 Å². The monoisotopic (exact) mass is 320 g/mol. The highest BCUT2D eigenvalue weighted by Gasteiger charge is 2.36. The predicted octanol–water partition coefficient (Wildman–Crippen LogP) is 1.49. The zero-order valence-electron chi connectivity index (χ0n) is 12.1. The quantitative estimate of drug-likeness (QED) is 0.635. The maximum Gasteiger partial charge on any atom is 0.294 e. The van der Waals surface area contributed by atoms with Crippen LogP contribution in [0.25, 0.3) is 6.08 Å². The second-order valence-corrected chi connectivity index (χ2v) is 5.51. The number of methoxy groups -OCH3 is 1. The Balaban J connectivity index is 2.00. The number of hydrogen-bond acceptors (Lipinski definition) is 5. The van der Waals surface area contributed by atoms with Gasteiger partial charge in [0.25, 0.3) is 11.1 Å². The summed E-state index contributed by atoms with van der Waals surface area (Å²) in [6.45, 7) is 0.438. The molecule has 22 heavy (non-hydrogen) atoms. The van der Waals surface area contributed by atoms with E-state index < -0.39 is 11.1 Å². The lowest BCUT2D eigenvalue weighted by atomic mass is 10.2. The average Bonchev–Trinajstić information content (AvgIpc) is 2.76. The Bertz CT molecular complexity index is 601. The fraction of sp³-hybridized carbons (Fsp3) is 0.267. The molecule has 1 heterocycles. The van der Waals surface area contributed by atoms with Crippen LogP contribution in [-0.2, 0) is 14.3 Å². The lowest BCUT2D eigenvalue weighted by Gasteiger charge is -2.12. The Labute approximate surface area is 132 Å². The molecule has 1 aromatic carbocycles. The van der Waals surface area contributed by atoms with Crippen molar-refractivity contribution in [2.24, 2.45) is 0 Å². The second-order valence-electron chi connectivity index (χ2n) is 4.52. The van der Waals surface area contributed by atoms with Crippen molar-refractivity contribution in [3.8, 4) is 0 Å². The van der Waals surface area contributed by atoms with Crippen LogP contribution < -0.4 is 5.32 Å². The summed E-state index contributed by atoms with van der Waals surface area (Å²) in [7, 11) is 1.52. The molecule has 0 bridgehead atoms. The molecule has 2 rings (SSSR count). The third kappa shape index (κ3) is 4.19. The summed E-state index contributed by atoms with van der Waals surface area (Å²) in [5.74, 6) is -0.832. The van der Waals surface area contributed by atoms with E-state index in [1.54, 1.807) is 6.08 Å². The minimum absolute atomic E-state index is 0.277. The van der Waals surface area contributed by atoms with Crippen LogP contribution >= 0.6 is 11.8 Å². The van der Waals surface area contributed by atoms with E-state index in [2.05, 4.69) is 5.32 Å². The Morgan fingerprint density at radius 2 is 2.05 bits per heavy atom. The van der Waals surface area contributed by atoms with Gasteiger partial charge in [-0.15, -0.1) is 0 Å². The largest absolute Gasteiger partial charge is 0.383 e. The van der Waals surface area contributed by atoms with E-state index in [9.17, 15) is 14.4 Å². The van der Waals surface area contributed by atoms with Crippen LogP contribution in [0, 0.1) is 0 Å². The van der Waals surface area contributed by atoms with Crippen molar-refractivity contribution in [3.63, 3.8) is 0 Å². The molecule has 0 aliphatic carbocycles. The molecule has 1 aliphatic rings. The number of carbonyl (C=O) groups excluding carboxylic acids is 3. The fourth-order valence-electron chi connectivity index (χ4n) is 1.83. The highest BCUT2D eigenvalue weighted by atomic mass is 32.2. The van der Waals surface area contributed by atoms with E-state index >= 15 is 0 Å². The van der Waals surface area contributed by atoms with Crippen molar-refractivity contribution in [1.29, 1.82) is 0 Å². The van der Waals surface area contributed by atoms with Crippen molar-refractivity contribution in [2.45, 2.75) is 0 Å². The molecule has 0 aromatic heterocycles. The van der Waals surface area contributed by atoms with Gasteiger partial charge in [0.1, 0.15) is 6.54 Å². The molecule has 1 aromatic rings. The van der Waals surface area contributed by atoms with E-state index in [1.807, 2.05) is 30.3 Å². The van der Waals surface area contributed by atoms with Crippen molar-refractivity contribution in [3.05, 3.63) is 40.8 Å². The number of nitrogens with zero attached hydrogens (tertiary/aromatic N) is 1. The van der Waals surface area contributed by atoms with Crippen LogP contribution in [-0.4, -0.2) is 48.8 Å². The molecule has 116 valence electrons. The highest BCUT2D eigenvalue weighted by Crippen LogP contribution is 2.31. The number of rotatable bonds is 6. The van der Waals surface area contributed by atoms with Gasteiger partial charge in [-0.25, -0.2) is 0 Å². The van der Waals surface area contributed by atoms with Crippen molar-refractivity contribution >= 4 is 34.9 Å². The number of ether oxygens (including phenoxy) is 1. The minimum atomic E-state index is -0.444. The van der Waals surface area contributed by atoms with Crippen LogP contribution in [0.15, 0.2) is 35.2 Å². The molecule has 7 heteroatoms. The Hall–Kier alpha value is -2.12. The molecule has 0 radical (unpaired) electrons. The zero-order valence-corrected chi connectivity index (χ0v) is 12.9. The van der Waals surface area contributed by atoms with Crippen molar-refractivity contribution in [2.75, 3.05) is 26.8 Å². The van der Waals surface area contributed by atoms with E-state index in [4.69, 9.17) is 4.74 Å². The third-order valence-electron chi connectivity index (χ3n) is 2.90. The van der Waals surface area contributed by atoms with Gasteiger partial charge in [-0.05, 0) is 23.4 Å².